The molecule has 4 nitrogen and oxygen atoms in total. The van der Waals surface area contributed by atoms with Crippen molar-refractivity contribution in [3.63, 3.8) is 0 Å². The van der Waals surface area contributed by atoms with Gasteiger partial charge in [-0.15, -0.1) is 0 Å². The molecule has 0 aromatic carbocycles. The lowest BCUT2D eigenvalue weighted by atomic mass is 9.76. The Balaban J connectivity index is 1.94. The molecule has 1 saturated heterocycles. The second-order valence-electron chi connectivity index (χ2n) is 6.28. The molecule has 0 aromatic heterocycles. The summed E-state index contributed by atoms with van der Waals surface area (Å²) < 4.78 is 0. The molecule has 104 valence electrons. The quantitative estimate of drug-likeness (QED) is 0.793. The summed E-state index contributed by atoms with van der Waals surface area (Å²) >= 11 is 0. The number of hydrogen-bond donors (Lipinski definition) is 2. The molecule has 1 aliphatic carbocycles. The third-order valence-electron chi connectivity index (χ3n) is 4.57. The molecule has 3 unspecified atom stereocenters. The molecular formula is C14H26N2O2. The Morgan fingerprint density at radius 3 is 2.94 bits per heavy atom. The smallest absolute Gasteiger partial charge is 0.242 e. The summed E-state index contributed by atoms with van der Waals surface area (Å²) in [4.78, 5) is 14.5. The third kappa shape index (κ3) is 2.86. The minimum Gasteiger partial charge on any atom is -0.396 e. The molecule has 2 fully saturated rings. The van der Waals surface area contributed by atoms with Crippen LogP contribution in [0.3, 0.4) is 0 Å². The summed E-state index contributed by atoms with van der Waals surface area (Å²) in [5.41, 5.74) is 5.73. The highest BCUT2D eigenvalue weighted by Crippen LogP contribution is 2.33. The largest absolute Gasteiger partial charge is 0.396 e. The van der Waals surface area contributed by atoms with Gasteiger partial charge in [0.05, 0.1) is 5.54 Å². The van der Waals surface area contributed by atoms with Crippen molar-refractivity contribution in [1.29, 1.82) is 0 Å². The number of likely N-dealkylation sites (tertiary alicyclic amines) is 1. The lowest BCUT2D eigenvalue weighted by Gasteiger charge is -2.38. The molecule has 1 amide bonds. The number of amides is 1. The van der Waals surface area contributed by atoms with E-state index in [4.69, 9.17) is 10.8 Å². The van der Waals surface area contributed by atoms with Gasteiger partial charge in [0, 0.05) is 19.7 Å². The van der Waals surface area contributed by atoms with Gasteiger partial charge in [-0.3, -0.25) is 4.79 Å². The van der Waals surface area contributed by atoms with Crippen LogP contribution >= 0.6 is 0 Å². The maximum absolute atomic E-state index is 12.6. The number of aliphatic hydroxyl groups excluding tert-OH is 1. The molecule has 1 aliphatic heterocycles. The SMILES string of the molecule is CC1CCCC(N)(C(=O)N2CCC(CCO)C2)C1. The van der Waals surface area contributed by atoms with Crippen LogP contribution in [-0.2, 0) is 4.79 Å². The van der Waals surface area contributed by atoms with Gasteiger partial charge in [0.1, 0.15) is 0 Å². The van der Waals surface area contributed by atoms with Crippen LogP contribution in [-0.4, -0.2) is 41.1 Å². The van der Waals surface area contributed by atoms with Crippen LogP contribution in [0.15, 0.2) is 0 Å². The normalized spacial score (nSPS) is 36.9. The fraction of sp³-hybridized carbons (Fsp3) is 0.929. The van der Waals surface area contributed by atoms with E-state index in [1.54, 1.807) is 0 Å². The monoisotopic (exact) mass is 254 g/mol. The van der Waals surface area contributed by atoms with Crippen LogP contribution in [0.25, 0.3) is 0 Å². The second-order valence-corrected chi connectivity index (χ2v) is 6.28. The minimum atomic E-state index is -0.619. The van der Waals surface area contributed by atoms with Gasteiger partial charge in [-0.2, -0.15) is 0 Å². The fourth-order valence-corrected chi connectivity index (χ4v) is 3.54. The molecule has 1 saturated carbocycles. The molecule has 1 heterocycles. The Morgan fingerprint density at radius 1 is 1.50 bits per heavy atom. The Labute approximate surface area is 110 Å². The summed E-state index contributed by atoms with van der Waals surface area (Å²) in [7, 11) is 0. The molecule has 3 atom stereocenters. The lowest BCUT2D eigenvalue weighted by molar-refractivity contribution is -0.137. The van der Waals surface area contributed by atoms with Crippen LogP contribution in [0.2, 0.25) is 0 Å². The first kappa shape index (κ1) is 13.8. The van der Waals surface area contributed by atoms with Crippen molar-refractivity contribution >= 4 is 5.91 Å². The topological polar surface area (TPSA) is 66.6 Å². The van der Waals surface area contributed by atoms with Crippen molar-refractivity contribution in [2.75, 3.05) is 19.7 Å². The van der Waals surface area contributed by atoms with Crippen LogP contribution in [0, 0.1) is 11.8 Å². The highest BCUT2D eigenvalue weighted by Gasteiger charge is 2.42. The van der Waals surface area contributed by atoms with Gasteiger partial charge in [-0.1, -0.05) is 19.8 Å². The first-order valence-electron chi connectivity index (χ1n) is 7.24. The number of rotatable bonds is 3. The Morgan fingerprint density at radius 2 is 2.28 bits per heavy atom. The number of carbonyl (C=O) groups excluding carboxylic acids is 1. The van der Waals surface area contributed by atoms with Gasteiger partial charge in [0.2, 0.25) is 5.91 Å². The van der Waals surface area contributed by atoms with Crippen molar-refractivity contribution in [1.82, 2.24) is 4.90 Å². The van der Waals surface area contributed by atoms with E-state index in [2.05, 4.69) is 6.92 Å². The van der Waals surface area contributed by atoms with E-state index >= 15 is 0 Å². The van der Waals surface area contributed by atoms with Gasteiger partial charge in [-0.25, -0.2) is 0 Å². The van der Waals surface area contributed by atoms with Crippen LogP contribution in [0.4, 0.5) is 0 Å². The maximum Gasteiger partial charge on any atom is 0.242 e. The number of aliphatic hydroxyl groups is 1. The van der Waals surface area contributed by atoms with Crippen LogP contribution in [0.1, 0.15) is 45.4 Å². The first-order valence-corrected chi connectivity index (χ1v) is 7.24. The molecule has 0 aromatic rings. The van der Waals surface area contributed by atoms with E-state index in [0.29, 0.717) is 11.8 Å². The molecule has 0 bridgehead atoms. The van der Waals surface area contributed by atoms with Crippen molar-refractivity contribution in [2.45, 2.75) is 51.0 Å². The third-order valence-corrected chi connectivity index (χ3v) is 4.57. The highest BCUT2D eigenvalue weighted by molar-refractivity contribution is 5.86. The van der Waals surface area contributed by atoms with E-state index in [-0.39, 0.29) is 12.5 Å². The minimum absolute atomic E-state index is 0.148. The maximum atomic E-state index is 12.6. The Bertz CT molecular complexity index is 308. The van der Waals surface area contributed by atoms with E-state index in [1.807, 2.05) is 4.90 Å². The summed E-state index contributed by atoms with van der Waals surface area (Å²) in [5.74, 6) is 1.17. The highest BCUT2D eigenvalue weighted by atomic mass is 16.3. The molecule has 3 N–H and O–H groups in total. The van der Waals surface area contributed by atoms with E-state index in [0.717, 1.165) is 45.2 Å². The molecule has 4 heteroatoms. The number of carbonyl (C=O) groups is 1. The van der Waals surface area contributed by atoms with Gasteiger partial charge in [0.25, 0.3) is 0 Å². The number of nitrogens with zero attached hydrogens (tertiary/aromatic N) is 1. The average Bonchev–Trinajstić information content (AvgIpc) is 2.77. The summed E-state index contributed by atoms with van der Waals surface area (Å²) in [6, 6.07) is 0. The Kier molecular flexibility index (Phi) is 4.28. The second kappa shape index (κ2) is 5.57. The predicted molar refractivity (Wildman–Crippen MR) is 70.9 cm³/mol. The predicted octanol–water partition coefficient (Wildman–Crippen LogP) is 1.12. The van der Waals surface area contributed by atoms with Crippen LogP contribution in [0.5, 0.6) is 0 Å². The van der Waals surface area contributed by atoms with Crippen molar-refractivity contribution in [2.24, 2.45) is 17.6 Å². The summed E-state index contributed by atoms with van der Waals surface area (Å²) in [6.45, 7) is 4.01. The van der Waals surface area contributed by atoms with Gasteiger partial charge in [0.15, 0.2) is 0 Å². The van der Waals surface area contributed by atoms with Gasteiger partial charge >= 0.3 is 0 Å². The Hall–Kier alpha value is -0.610. The van der Waals surface area contributed by atoms with Gasteiger partial charge < -0.3 is 15.7 Å². The molecule has 2 rings (SSSR count). The fourth-order valence-electron chi connectivity index (χ4n) is 3.54. The molecule has 2 aliphatic rings. The van der Waals surface area contributed by atoms with Gasteiger partial charge in [-0.05, 0) is 37.5 Å². The lowest BCUT2D eigenvalue weighted by Crippen LogP contribution is -2.56. The standard InChI is InChI=1S/C14H26N2O2/c1-11-3-2-6-14(15,9-11)13(18)16-7-4-12(10-16)5-8-17/h11-12,17H,2-10,15H2,1H3. The van der Waals surface area contributed by atoms with E-state index in [1.165, 1.54) is 6.42 Å². The van der Waals surface area contributed by atoms with E-state index in [9.17, 15) is 4.79 Å². The van der Waals surface area contributed by atoms with Crippen molar-refractivity contribution in [3.05, 3.63) is 0 Å². The van der Waals surface area contributed by atoms with Crippen LogP contribution < -0.4 is 5.73 Å². The first-order chi connectivity index (χ1) is 8.55. The zero-order valence-electron chi connectivity index (χ0n) is 11.4. The summed E-state index contributed by atoms with van der Waals surface area (Å²) in [6.07, 6.45) is 5.73. The molecule has 18 heavy (non-hydrogen) atoms. The zero-order valence-corrected chi connectivity index (χ0v) is 11.4. The average molecular weight is 254 g/mol. The molecule has 0 radical (unpaired) electrons. The summed E-state index contributed by atoms with van der Waals surface area (Å²) in [5, 5.41) is 8.96. The number of hydrogen-bond acceptors (Lipinski definition) is 3. The molecular weight excluding hydrogens is 228 g/mol. The zero-order chi connectivity index (χ0) is 13.2. The van der Waals surface area contributed by atoms with Crippen molar-refractivity contribution < 1.29 is 9.90 Å². The van der Waals surface area contributed by atoms with E-state index < -0.39 is 5.54 Å². The molecule has 0 spiro atoms. The van der Waals surface area contributed by atoms with Crippen molar-refractivity contribution in [3.8, 4) is 0 Å². The number of nitrogens with two attached hydrogens (primary N) is 1.